The molecule has 0 saturated carbocycles. The predicted molar refractivity (Wildman–Crippen MR) is 105 cm³/mol. The summed E-state index contributed by atoms with van der Waals surface area (Å²) in [5.41, 5.74) is 2.14. The maximum absolute atomic E-state index is 12.8. The van der Waals surface area contributed by atoms with Crippen molar-refractivity contribution >= 4 is 18.1 Å². The summed E-state index contributed by atoms with van der Waals surface area (Å²) < 4.78 is 2.27. The van der Waals surface area contributed by atoms with Crippen LogP contribution >= 0.6 is 12.2 Å². The van der Waals surface area contributed by atoms with Crippen LogP contribution < -0.4 is 0 Å². The van der Waals surface area contributed by atoms with Gasteiger partial charge in [-0.25, -0.2) is 0 Å². The van der Waals surface area contributed by atoms with Crippen molar-refractivity contribution in [1.29, 1.82) is 0 Å². The largest absolute Gasteiger partial charge is 0.339 e. The van der Waals surface area contributed by atoms with Gasteiger partial charge in [0.1, 0.15) is 6.54 Å². The third-order valence-corrected chi connectivity index (χ3v) is 5.02. The Labute approximate surface area is 159 Å². The number of aryl methyl sites for hydroxylation is 1. The molecule has 1 N–H and O–H groups in total. The standard InChI is InChI=1S/C19H27N5OS/c1-14(2)12-22-8-10-23(11-9-22)17(25)13-24-18(20-21-19(24)26)16-6-4-15(3)5-7-16/h4-7,14H,8-13H2,1-3H3,(H,21,26). The SMILES string of the molecule is Cc1ccc(-c2n[nH]c(=S)n2CC(=O)N2CCN(CC(C)C)CC2)cc1. The van der Waals surface area contributed by atoms with Gasteiger partial charge in [-0.05, 0) is 25.1 Å². The molecule has 6 nitrogen and oxygen atoms in total. The molecule has 7 heteroatoms. The zero-order valence-corrected chi connectivity index (χ0v) is 16.6. The highest BCUT2D eigenvalue weighted by Gasteiger charge is 2.22. The van der Waals surface area contributed by atoms with Crippen LogP contribution in [0.2, 0.25) is 0 Å². The van der Waals surface area contributed by atoms with Crippen LogP contribution in [0.5, 0.6) is 0 Å². The molecule has 0 spiro atoms. The minimum Gasteiger partial charge on any atom is -0.339 e. The topological polar surface area (TPSA) is 57.2 Å². The Balaban J connectivity index is 1.68. The number of benzene rings is 1. The van der Waals surface area contributed by atoms with Crippen LogP contribution in [-0.2, 0) is 11.3 Å². The Hall–Kier alpha value is -1.99. The molecule has 2 heterocycles. The zero-order chi connectivity index (χ0) is 18.7. The van der Waals surface area contributed by atoms with Gasteiger partial charge >= 0.3 is 0 Å². The van der Waals surface area contributed by atoms with E-state index in [0.29, 0.717) is 16.5 Å². The molecule has 140 valence electrons. The number of amides is 1. The number of aromatic amines is 1. The van der Waals surface area contributed by atoms with Gasteiger partial charge in [-0.1, -0.05) is 43.7 Å². The van der Waals surface area contributed by atoms with Gasteiger partial charge in [0.15, 0.2) is 10.6 Å². The number of H-pyrrole nitrogens is 1. The number of carbonyl (C=O) groups excluding carboxylic acids is 1. The molecule has 1 aliphatic heterocycles. The van der Waals surface area contributed by atoms with Crippen molar-refractivity contribution in [3.63, 3.8) is 0 Å². The van der Waals surface area contributed by atoms with Crippen LogP contribution in [0.15, 0.2) is 24.3 Å². The number of rotatable bonds is 5. The molecular formula is C19H27N5OS. The van der Waals surface area contributed by atoms with Gasteiger partial charge in [0, 0.05) is 38.3 Å². The molecule has 1 aromatic carbocycles. The van der Waals surface area contributed by atoms with E-state index in [4.69, 9.17) is 12.2 Å². The molecule has 2 aromatic rings. The average molecular weight is 374 g/mol. The Morgan fingerprint density at radius 1 is 1.19 bits per heavy atom. The molecule has 1 fully saturated rings. The van der Waals surface area contributed by atoms with Gasteiger partial charge in [0.05, 0.1) is 0 Å². The van der Waals surface area contributed by atoms with Crippen molar-refractivity contribution in [1.82, 2.24) is 24.6 Å². The highest BCUT2D eigenvalue weighted by atomic mass is 32.1. The maximum Gasteiger partial charge on any atom is 0.242 e. The van der Waals surface area contributed by atoms with Crippen molar-refractivity contribution in [3.05, 3.63) is 34.6 Å². The summed E-state index contributed by atoms with van der Waals surface area (Å²) in [6, 6.07) is 8.08. The zero-order valence-electron chi connectivity index (χ0n) is 15.7. The highest BCUT2D eigenvalue weighted by Crippen LogP contribution is 2.18. The molecule has 3 rings (SSSR count). The Kier molecular flexibility index (Phi) is 5.88. The molecule has 1 aromatic heterocycles. The van der Waals surface area contributed by atoms with Gasteiger partial charge in [-0.15, -0.1) is 0 Å². The first-order valence-corrected chi connectivity index (χ1v) is 9.57. The smallest absolute Gasteiger partial charge is 0.242 e. The quantitative estimate of drug-likeness (QED) is 0.819. The summed E-state index contributed by atoms with van der Waals surface area (Å²) in [6.07, 6.45) is 0. The molecule has 0 atom stereocenters. The first kappa shape index (κ1) is 18.8. The second-order valence-electron chi connectivity index (χ2n) is 7.38. The van der Waals surface area contributed by atoms with Crippen LogP contribution in [-0.4, -0.2) is 63.2 Å². The minimum atomic E-state index is 0.0973. The van der Waals surface area contributed by atoms with Crippen LogP contribution in [0.1, 0.15) is 19.4 Å². The Morgan fingerprint density at radius 2 is 1.85 bits per heavy atom. The highest BCUT2D eigenvalue weighted by molar-refractivity contribution is 7.71. The van der Waals surface area contributed by atoms with Gasteiger partial charge in [0.2, 0.25) is 5.91 Å². The molecular weight excluding hydrogens is 346 g/mol. The molecule has 0 aliphatic carbocycles. The number of hydrogen-bond donors (Lipinski definition) is 1. The average Bonchev–Trinajstić information content (AvgIpc) is 2.96. The van der Waals surface area contributed by atoms with Crippen LogP contribution in [0.4, 0.5) is 0 Å². The fourth-order valence-corrected chi connectivity index (χ4v) is 3.52. The summed E-state index contributed by atoms with van der Waals surface area (Å²) in [4.78, 5) is 17.1. The summed E-state index contributed by atoms with van der Waals surface area (Å²) in [7, 11) is 0. The van der Waals surface area contributed by atoms with Crippen molar-refractivity contribution in [2.24, 2.45) is 5.92 Å². The number of aromatic nitrogens is 3. The lowest BCUT2D eigenvalue weighted by atomic mass is 10.1. The number of carbonyl (C=O) groups is 1. The lowest BCUT2D eigenvalue weighted by Gasteiger charge is -2.35. The van der Waals surface area contributed by atoms with E-state index in [2.05, 4.69) is 28.9 Å². The second kappa shape index (κ2) is 8.14. The molecule has 0 bridgehead atoms. The molecule has 1 saturated heterocycles. The number of nitrogens with one attached hydrogen (secondary N) is 1. The fraction of sp³-hybridized carbons (Fsp3) is 0.526. The van der Waals surface area contributed by atoms with Crippen molar-refractivity contribution in [3.8, 4) is 11.4 Å². The Bertz CT molecular complexity index is 800. The molecule has 26 heavy (non-hydrogen) atoms. The van der Waals surface area contributed by atoms with E-state index in [1.54, 1.807) is 4.57 Å². The van der Waals surface area contributed by atoms with Crippen molar-refractivity contribution in [2.45, 2.75) is 27.3 Å². The van der Waals surface area contributed by atoms with E-state index in [0.717, 1.165) is 38.3 Å². The predicted octanol–water partition coefficient (Wildman–Crippen LogP) is 2.72. The minimum absolute atomic E-state index is 0.0973. The molecule has 1 amide bonds. The molecule has 0 radical (unpaired) electrons. The molecule has 0 unspecified atom stereocenters. The molecule has 1 aliphatic rings. The van der Waals surface area contributed by atoms with Crippen LogP contribution in [0.3, 0.4) is 0 Å². The maximum atomic E-state index is 12.8. The van der Waals surface area contributed by atoms with E-state index < -0.39 is 0 Å². The summed E-state index contributed by atoms with van der Waals surface area (Å²) >= 11 is 5.35. The van der Waals surface area contributed by atoms with Gasteiger partial charge in [-0.3, -0.25) is 19.4 Å². The third kappa shape index (κ3) is 4.40. The monoisotopic (exact) mass is 373 g/mol. The van der Waals surface area contributed by atoms with Crippen LogP contribution in [0, 0.1) is 17.6 Å². The number of piperazine rings is 1. The number of nitrogens with zero attached hydrogens (tertiary/aromatic N) is 4. The summed E-state index contributed by atoms with van der Waals surface area (Å²) in [5, 5.41) is 7.15. The summed E-state index contributed by atoms with van der Waals surface area (Å²) in [5.74, 6) is 1.46. The Morgan fingerprint density at radius 3 is 2.46 bits per heavy atom. The third-order valence-electron chi connectivity index (χ3n) is 4.71. The van der Waals surface area contributed by atoms with Crippen LogP contribution in [0.25, 0.3) is 11.4 Å². The summed E-state index contributed by atoms with van der Waals surface area (Å²) in [6.45, 7) is 11.2. The first-order valence-electron chi connectivity index (χ1n) is 9.16. The fourth-order valence-electron chi connectivity index (χ4n) is 3.32. The second-order valence-corrected chi connectivity index (χ2v) is 7.77. The lowest BCUT2D eigenvalue weighted by Crippen LogP contribution is -2.50. The van der Waals surface area contributed by atoms with E-state index in [1.807, 2.05) is 36.1 Å². The lowest BCUT2D eigenvalue weighted by molar-refractivity contribution is -0.133. The van der Waals surface area contributed by atoms with Crippen molar-refractivity contribution < 1.29 is 4.79 Å². The van der Waals surface area contributed by atoms with E-state index in [9.17, 15) is 4.79 Å². The normalized spacial score (nSPS) is 15.6. The van der Waals surface area contributed by atoms with E-state index in [-0.39, 0.29) is 12.5 Å². The first-order chi connectivity index (χ1) is 12.4. The van der Waals surface area contributed by atoms with Gasteiger partial charge in [-0.2, -0.15) is 5.10 Å². The van der Waals surface area contributed by atoms with Gasteiger partial charge < -0.3 is 4.90 Å². The van der Waals surface area contributed by atoms with Crippen molar-refractivity contribution in [2.75, 3.05) is 32.7 Å². The van der Waals surface area contributed by atoms with Gasteiger partial charge in [0.25, 0.3) is 0 Å². The number of hydrogen-bond acceptors (Lipinski definition) is 4. The van der Waals surface area contributed by atoms with E-state index >= 15 is 0 Å². The van der Waals surface area contributed by atoms with E-state index in [1.165, 1.54) is 5.56 Å².